The van der Waals surface area contributed by atoms with E-state index in [1.54, 1.807) is 0 Å². The van der Waals surface area contributed by atoms with Crippen LogP contribution in [0.2, 0.25) is 0 Å². The van der Waals surface area contributed by atoms with Crippen LogP contribution >= 0.6 is 0 Å². The fraction of sp³-hybridized carbons (Fsp3) is 0.435. The van der Waals surface area contributed by atoms with E-state index in [0.29, 0.717) is 24.2 Å². The molecule has 3 rings (SSSR count). The molecule has 152 valence electrons. The van der Waals surface area contributed by atoms with Crippen LogP contribution in [0.25, 0.3) is 0 Å². The molecule has 2 aliphatic rings. The average molecular weight is 394 g/mol. The number of Topliss-reactive ketones (excluding diaryl/α,β-unsaturated/α-hetero) is 1. The number of aryl methyl sites for hydroxylation is 2. The Morgan fingerprint density at radius 1 is 1.31 bits per heavy atom. The molecule has 0 saturated heterocycles. The van der Waals surface area contributed by atoms with E-state index in [0.717, 1.165) is 22.3 Å². The highest BCUT2D eigenvalue weighted by Crippen LogP contribution is 2.48. The minimum Gasteiger partial charge on any atom is -0.461 e. The molecule has 0 amide bonds. The molecule has 0 spiro atoms. The molecule has 0 saturated carbocycles. The molecule has 1 aromatic carbocycles. The Kier molecular flexibility index (Phi) is 5.27. The Morgan fingerprint density at radius 2 is 2.00 bits per heavy atom. The molecule has 0 bridgehead atoms. The summed E-state index contributed by atoms with van der Waals surface area (Å²) in [5, 5.41) is 9.79. The van der Waals surface area contributed by atoms with Crippen LogP contribution in [-0.4, -0.2) is 11.8 Å². The van der Waals surface area contributed by atoms with Gasteiger partial charge in [0.15, 0.2) is 5.78 Å². The summed E-state index contributed by atoms with van der Waals surface area (Å²) in [6, 6.07) is 6.03. The molecule has 0 unspecified atom stereocenters. The molecular formula is C23H26N2O4. The second kappa shape index (κ2) is 7.40. The van der Waals surface area contributed by atoms with E-state index in [2.05, 4.69) is 6.07 Å². The van der Waals surface area contributed by atoms with Gasteiger partial charge in [-0.05, 0) is 41.5 Å². The lowest BCUT2D eigenvalue weighted by Gasteiger charge is -2.37. The zero-order chi connectivity index (χ0) is 21.5. The van der Waals surface area contributed by atoms with E-state index >= 15 is 0 Å². The van der Waals surface area contributed by atoms with Gasteiger partial charge in [0.25, 0.3) is 0 Å². The number of nitrogens with two attached hydrogens (primary N) is 1. The molecule has 1 aromatic rings. The zero-order valence-electron chi connectivity index (χ0n) is 17.5. The van der Waals surface area contributed by atoms with Crippen molar-refractivity contribution in [2.75, 3.05) is 0 Å². The molecule has 1 heterocycles. The Hall–Kier alpha value is -3.07. The highest BCUT2D eigenvalue weighted by atomic mass is 16.5. The number of carbonyl (C=O) groups is 2. The first kappa shape index (κ1) is 20.7. The van der Waals surface area contributed by atoms with E-state index in [9.17, 15) is 14.9 Å². The van der Waals surface area contributed by atoms with Gasteiger partial charge in [-0.25, -0.2) is 0 Å². The number of ether oxygens (including phenoxy) is 2. The lowest BCUT2D eigenvalue weighted by Crippen LogP contribution is -2.33. The van der Waals surface area contributed by atoms with Gasteiger partial charge in [-0.15, -0.1) is 0 Å². The third-order valence-corrected chi connectivity index (χ3v) is 5.54. The van der Waals surface area contributed by atoms with Crippen molar-refractivity contribution < 1.29 is 19.1 Å². The van der Waals surface area contributed by atoms with Crippen LogP contribution < -0.4 is 5.73 Å². The number of hydrogen-bond acceptors (Lipinski definition) is 6. The third kappa shape index (κ3) is 3.91. The SMILES string of the molecule is CC(=O)OCc1cc([C@H]2C(C#N)=C(N)OC3=C2C(=O)CC(C)(C)C3)c(C)cc1C. The second-order valence-corrected chi connectivity index (χ2v) is 8.62. The first-order valence-corrected chi connectivity index (χ1v) is 9.61. The number of hydrogen-bond donors (Lipinski definition) is 1. The Labute approximate surface area is 171 Å². The number of nitrogens with zero attached hydrogens (tertiary/aromatic N) is 1. The van der Waals surface area contributed by atoms with Crippen molar-refractivity contribution in [3.05, 3.63) is 57.2 Å². The lowest BCUT2D eigenvalue weighted by molar-refractivity contribution is -0.142. The second-order valence-electron chi connectivity index (χ2n) is 8.62. The molecule has 2 N–H and O–H groups in total. The standard InChI is InChI=1S/C23H26N2O4/c1-12-6-13(2)16(7-15(12)11-28-14(3)26)20-17(10-24)22(25)29-19-9-23(4,5)8-18(27)21(19)20/h6-7,20H,8-9,11,25H2,1-5H3/t20-/m0/s1. The maximum atomic E-state index is 13.1. The fourth-order valence-corrected chi connectivity index (χ4v) is 4.16. The van der Waals surface area contributed by atoms with E-state index < -0.39 is 5.92 Å². The Bertz CT molecular complexity index is 1010. The van der Waals surface area contributed by atoms with Crippen molar-refractivity contribution >= 4 is 11.8 Å². The van der Waals surface area contributed by atoms with Crippen LogP contribution in [0.15, 0.2) is 34.9 Å². The van der Waals surface area contributed by atoms with Crippen molar-refractivity contribution in [1.29, 1.82) is 5.26 Å². The van der Waals surface area contributed by atoms with E-state index in [4.69, 9.17) is 15.2 Å². The number of allylic oxidation sites excluding steroid dienone is 3. The van der Waals surface area contributed by atoms with Gasteiger partial charge in [0.1, 0.15) is 24.0 Å². The molecule has 0 fully saturated rings. The number of carbonyl (C=O) groups excluding carboxylic acids is 2. The van der Waals surface area contributed by atoms with Crippen LogP contribution in [0.5, 0.6) is 0 Å². The predicted octanol–water partition coefficient (Wildman–Crippen LogP) is 3.82. The van der Waals surface area contributed by atoms with Gasteiger partial charge in [0, 0.05) is 25.3 Å². The monoisotopic (exact) mass is 394 g/mol. The molecule has 1 aliphatic carbocycles. The molecule has 6 heteroatoms. The van der Waals surface area contributed by atoms with Crippen molar-refractivity contribution in [2.24, 2.45) is 11.1 Å². The normalized spacial score (nSPS) is 20.7. The summed E-state index contributed by atoms with van der Waals surface area (Å²) < 4.78 is 10.9. The third-order valence-electron chi connectivity index (χ3n) is 5.54. The summed E-state index contributed by atoms with van der Waals surface area (Å²) in [5.74, 6) is -0.376. The first-order valence-electron chi connectivity index (χ1n) is 9.61. The van der Waals surface area contributed by atoms with Crippen LogP contribution in [0.1, 0.15) is 61.8 Å². The highest BCUT2D eigenvalue weighted by Gasteiger charge is 2.43. The van der Waals surface area contributed by atoms with Crippen LogP contribution in [0.4, 0.5) is 0 Å². The minimum atomic E-state index is -0.580. The average Bonchev–Trinajstić information content (AvgIpc) is 2.58. The lowest BCUT2D eigenvalue weighted by atomic mass is 9.69. The topological polar surface area (TPSA) is 102 Å². The molecule has 29 heavy (non-hydrogen) atoms. The van der Waals surface area contributed by atoms with Gasteiger partial charge in [-0.1, -0.05) is 26.0 Å². The fourth-order valence-electron chi connectivity index (χ4n) is 4.16. The largest absolute Gasteiger partial charge is 0.461 e. The van der Waals surface area contributed by atoms with Gasteiger partial charge in [-0.3, -0.25) is 9.59 Å². The van der Waals surface area contributed by atoms with Gasteiger partial charge >= 0.3 is 5.97 Å². The minimum absolute atomic E-state index is 0.0250. The number of rotatable bonds is 3. The highest BCUT2D eigenvalue weighted by molar-refractivity contribution is 6.00. The summed E-state index contributed by atoms with van der Waals surface area (Å²) in [7, 11) is 0. The zero-order valence-corrected chi connectivity index (χ0v) is 17.5. The Morgan fingerprint density at radius 3 is 2.62 bits per heavy atom. The molecule has 1 aliphatic heterocycles. The summed E-state index contributed by atoms with van der Waals surface area (Å²) >= 11 is 0. The summed E-state index contributed by atoms with van der Waals surface area (Å²) in [4.78, 5) is 24.4. The quantitative estimate of drug-likeness (QED) is 0.782. The van der Waals surface area contributed by atoms with Crippen LogP contribution in [0, 0.1) is 30.6 Å². The number of benzene rings is 1. The molecule has 0 radical (unpaired) electrons. The number of esters is 1. The molecule has 0 aromatic heterocycles. The van der Waals surface area contributed by atoms with E-state index in [1.165, 1.54) is 6.92 Å². The van der Waals surface area contributed by atoms with Crippen molar-refractivity contribution in [3.63, 3.8) is 0 Å². The van der Waals surface area contributed by atoms with Gasteiger partial charge in [-0.2, -0.15) is 5.26 Å². The Balaban J connectivity index is 2.18. The van der Waals surface area contributed by atoms with Gasteiger partial charge < -0.3 is 15.2 Å². The number of nitriles is 1. The predicted molar refractivity (Wildman–Crippen MR) is 107 cm³/mol. The maximum Gasteiger partial charge on any atom is 0.302 e. The van der Waals surface area contributed by atoms with Crippen molar-refractivity contribution in [2.45, 2.75) is 60.0 Å². The first-order chi connectivity index (χ1) is 13.5. The maximum absolute atomic E-state index is 13.1. The van der Waals surface area contributed by atoms with E-state index in [-0.39, 0.29) is 35.2 Å². The number of ketones is 1. The summed E-state index contributed by atoms with van der Waals surface area (Å²) in [5.41, 5.74) is 10.2. The van der Waals surface area contributed by atoms with Crippen molar-refractivity contribution in [1.82, 2.24) is 0 Å². The smallest absolute Gasteiger partial charge is 0.302 e. The van der Waals surface area contributed by atoms with Gasteiger partial charge in [0.2, 0.25) is 5.88 Å². The van der Waals surface area contributed by atoms with Crippen LogP contribution in [0.3, 0.4) is 0 Å². The van der Waals surface area contributed by atoms with Crippen molar-refractivity contribution in [3.8, 4) is 6.07 Å². The van der Waals surface area contributed by atoms with Gasteiger partial charge in [0.05, 0.1) is 5.92 Å². The molecule has 6 nitrogen and oxygen atoms in total. The molecular weight excluding hydrogens is 368 g/mol. The van der Waals surface area contributed by atoms with Crippen LogP contribution in [-0.2, 0) is 25.7 Å². The molecule has 1 atom stereocenters. The van der Waals surface area contributed by atoms with E-state index in [1.807, 2.05) is 39.8 Å². The summed E-state index contributed by atoms with van der Waals surface area (Å²) in [6.07, 6.45) is 0.963. The summed E-state index contributed by atoms with van der Waals surface area (Å²) in [6.45, 7) is 9.40.